The van der Waals surface area contributed by atoms with Crippen LogP contribution in [0, 0.1) is 0 Å². The van der Waals surface area contributed by atoms with Gasteiger partial charge in [-0.05, 0) is 37.8 Å². The maximum Gasteiger partial charge on any atom is 0.272 e. The van der Waals surface area contributed by atoms with Crippen LogP contribution in [0.2, 0.25) is 0 Å². The minimum absolute atomic E-state index is 0.0781. The standard InChI is InChI=1S/C18H25N3O3/c22-17(19-13-14-7-6-12-24-14)15-8-5-9-16(20-15)18(23)21-10-3-1-2-4-11-21/h5,8-9,14H,1-4,6-7,10-13H2,(H,19,22). The van der Waals surface area contributed by atoms with Crippen LogP contribution >= 0.6 is 0 Å². The van der Waals surface area contributed by atoms with Gasteiger partial charge in [0.2, 0.25) is 0 Å². The van der Waals surface area contributed by atoms with E-state index in [2.05, 4.69) is 10.3 Å². The molecular formula is C18H25N3O3. The molecule has 2 aliphatic heterocycles. The van der Waals surface area contributed by atoms with Crippen molar-refractivity contribution in [2.45, 2.75) is 44.6 Å². The van der Waals surface area contributed by atoms with Gasteiger partial charge >= 0.3 is 0 Å². The van der Waals surface area contributed by atoms with Crippen LogP contribution in [0.4, 0.5) is 0 Å². The van der Waals surface area contributed by atoms with Crippen LogP contribution in [-0.2, 0) is 4.74 Å². The summed E-state index contributed by atoms with van der Waals surface area (Å²) in [5.41, 5.74) is 0.635. The van der Waals surface area contributed by atoms with Gasteiger partial charge < -0.3 is 15.0 Å². The molecular weight excluding hydrogens is 306 g/mol. The second-order valence-electron chi connectivity index (χ2n) is 6.46. The van der Waals surface area contributed by atoms with Crippen molar-refractivity contribution in [1.29, 1.82) is 0 Å². The summed E-state index contributed by atoms with van der Waals surface area (Å²) >= 11 is 0. The number of nitrogens with one attached hydrogen (secondary N) is 1. The van der Waals surface area contributed by atoms with Gasteiger partial charge in [-0.15, -0.1) is 0 Å². The Morgan fingerprint density at radius 1 is 1.12 bits per heavy atom. The van der Waals surface area contributed by atoms with Crippen LogP contribution in [0.15, 0.2) is 18.2 Å². The second-order valence-corrected chi connectivity index (χ2v) is 6.46. The van der Waals surface area contributed by atoms with Crippen molar-refractivity contribution < 1.29 is 14.3 Å². The Morgan fingerprint density at radius 3 is 2.58 bits per heavy atom. The van der Waals surface area contributed by atoms with Gasteiger partial charge in [-0.25, -0.2) is 4.98 Å². The third-order valence-corrected chi connectivity index (χ3v) is 4.61. The molecule has 1 aromatic heterocycles. The van der Waals surface area contributed by atoms with Crippen LogP contribution in [0.3, 0.4) is 0 Å². The Labute approximate surface area is 142 Å². The van der Waals surface area contributed by atoms with Crippen molar-refractivity contribution in [2.75, 3.05) is 26.2 Å². The van der Waals surface area contributed by atoms with Gasteiger partial charge in [0.25, 0.3) is 11.8 Å². The number of rotatable bonds is 4. The van der Waals surface area contributed by atoms with E-state index in [1.54, 1.807) is 18.2 Å². The second kappa shape index (κ2) is 8.24. The summed E-state index contributed by atoms with van der Waals surface area (Å²) < 4.78 is 5.50. The molecule has 130 valence electrons. The minimum atomic E-state index is -0.254. The van der Waals surface area contributed by atoms with Gasteiger partial charge in [-0.1, -0.05) is 18.9 Å². The summed E-state index contributed by atoms with van der Waals surface area (Å²) in [6.45, 7) is 2.80. The average Bonchev–Trinajstić information content (AvgIpc) is 2.99. The predicted octanol–water partition coefficient (Wildman–Crippen LogP) is 2.01. The van der Waals surface area contributed by atoms with Crippen molar-refractivity contribution in [1.82, 2.24) is 15.2 Å². The molecule has 1 N–H and O–H groups in total. The number of carbonyl (C=O) groups excluding carboxylic acids is 2. The quantitative estimate of drug-likeness (QED) is 0.916. The lowest BCUT2D eigenvalue weighted by molar-refractivity contribution is 0.0755. The first-order chi connectivity index (χ1) is 11.7. The molecule has 1 unspecified atom stereocenters. The molecule has 6 heteroatoms. The number of hydrogen-bond acceptors (Lipinski definition) is 4. The highest BCUT2D eigenvalue weighted by atomic mass is 16.5. The lowest BCUT2D eigenvalue weighted by Gasteiger charge is -2.20. The van der Waals surface area contributed by atoms with Gasteiger partial charge in [0.05, 0.1) is 6.10 Å². The molecule has 24 heavy (non-hydrogen) atoms. The Hall–Kier alpha value is -1.95. The van der Waals surface area contributed by atoms with Crippen molar-refractivity contribution in [3.8, 4) is 0 Å². The van der Waals surface area contributed by atoms with E-state index in [0.717, 1.165) is 45.4 Å². The van der Waals surface area contributed by atoms with E-state index in [1.807, 2.05) is 4.90 Å². The number of aromatic nitrogens is 1. The Kier molecular flexibility index (Phi) is 5.80. The molecule has 2 aliphatic rings. The Morgan fingerprint density at radius 2 is 1.88 bits per heavy atom. The molecule has 0 aliphatic carbocycles. The Balaban J connectivity index is 1.61. The number of hydrogen-bond donors (Lipinski definition) is 1. The molecule has 0 saturated carbocycles. The van der Waals surface area contributed by atoms with Gasteiger partial charge in [0, 0.05) is 26.2 Å². The van der Waals surface area contributed by atoms with Crippen LogP contribution in [-0.4, -0.2) is 54.0 Å². The van der Waals surface area contributed by atoms with E-state index in [-0.39, 0.29) is 23.6 Å². The molecule has 6 nitrogen and oxygen atoms in total. The van der Waals surface area contributed by atoms with Crippen molar-refractivity contribution >= 4 is 11.8 Å². The predicted molar refractivity (Wildman–Crippen MR) is 89.9 cm³/mol. The van der Waals surface area contributed by atoms with E-state index in [9.17, 15) is 9.59 Å². The first kappa shape index (κ1) is 16.9. The average molecular weight is 331 g/mol. The van der Waals surface area contributed by atoms with Crippen LogP contribution < -0.4 is 5.32 Å². The molecule has 3 rings (SSSR count). The summed E-state index contributed by atoms with van der Waals surface area (Å²) in [6.07, 6.45) is 6.52. The number of likely N-dealkylation sites (tertiary alicyclic amines) is 1. The fraction of sp³-hybridized carbons (Fsp3) is 0.611. The third kappa shape index (κ3) is 4.32. The summed E-state index contributed by atoms with van der Waals surface area (Å²) in [4.78, 5) is 31.0. The Bertz CT molecular complexity index is 577. The maximum absolute atomic E-state index is 12.6. The third-order valence-electron chi connectivity index (χ3n) is 4.61. The normalized spacial score (nSPS) is 21.3. The molecule has 0 radical (unpaired) electrons. The molecule has 0 aromatic carbocycles. The van der Waals surface area contributed by atoms with E-state index < -0.39 is 0 Å². The fourth-order valence-corrected chi connectivity index (χ4v) is 3.22. The van der Waals surface area contributed by atoms with E-state index >= 15 is 0 Å². The highest BCUT2D eigenvalue weighted by Crippen LogP contribution is 2.13. The SMILES string of the molecule is O=C(NCC1CCCO1)c1cccc(C(=O)N2CCCCCC2)n1. The zero-order valence-electron chi connectivity index (χ0n) is 14.0. The van der Waals surface area contributed by atoms with Crippen molar-refractivity contribution in [3.63, 3.8) is 0 Å². The highest BCUT2D eigenvalue weighted by Gasteiger charge is 2.21. The largest absolute Gasteiger partial charge is 0.376 e. The molecule has 0 spiro atoms. The first-order valence-corrected chi connectivity index (χ1v) is 8.90. The summed E-state index contributed by atoms with van der Waals surface area (Å²) in [5.74, 6) is -0.332. The molecule has 2 amide bonds. The lowest BCUT2D eigenvalue weighted by atomic mass is 10.2. The number of pyridine rings is 1. The molecule has 1 atom stereocenters. The topological polar surface area (TPSA) is 71.5 Å². The summed E-state index contributed by atoms with van der Waals surface area (Å²) in [5, 5.41) is 2.85. The van der Waals surface area contributed by atoms with Gasteiger partial charge in [0.1, 0.15) is 11.4 Å². The summed E-state index contributed by atoms with van der Waals surface area (Å²) in [6, 6.07) is 5.05. The smallest absolute Gasteiger partial charge is 0.272 e. The highest BCUT2D eigenvalue weighted by molar-refractivity contribution is 5.96. The fourth-order valence-electron chi connectivity index (χ4n) is 3.22. The van der Waals surface area contributed by atoms with E-state index in [0.29, 0.717) is 12.2 Å². The molecule has 2 saturated heterocycles. The van der Waals surface area contributed by atoms with Gasteiger partial charge in [-0.3, -0.25) is 9.59 Å². The number of carbonyl (C=O) groups is 2. The van der Waals surface area contributed by atoms with Gasteiger partial charge in [-0.2, -0.15) is 0 Å². The minimum Gasteiger partial charge on any atom is -0.376 e. The van der Waals surface area contributed by atoms with Crippen LogP contribution in [0.5, 0.6) is 0 Å². The van der Waals surface area contributed by atoms with E-state index in [4.69, 9.17) is 4.74 Å². The van der Waals surface area contributed by atoms with Crippen molar-refractivity contribution in [3.05, 3.63) is 29.6 Å². The first-order valence-electron chi connectivity index (χ1n) is 8.90. The van der Waals surface area contributed by atoms with Crippen LogP contribution in [0.1, 0.15) is 59.5 Å². The monoisotopic (exact) mass is 331 g/mol. The van der Waals surface area contributed by atoms with E-state index in [1.165, 1.54) is 12.8 Å². The maximum atomic E-state index is 12.6. The molecule has 2 fully saturated rings. The number of nitrogens with zero attached hydrogens (tertiary/aromatic N) is 2. The van der Waals surface area contributed by atoms with Gasteiger partial charge in [0.15, 0.2) is 0 Å². The summed E-state index contributed by atoms with van der Waals surface area (Å²) in [7, 11) is 0. The molecule has 3 heterocycles. The van der Waals surface area contributed by atoms with Crippen LogP contribution in [0.25, 0.3) is 0 Å². The molecule has 0 bridgehead atoms. The number of ether oxygens (including phenoxy) is 1. The zero-order valence-corrected chi connectivity index (χ0v) is 14.0. The van der Waals surface area contributed by atoms with Crippen molar-refractivity contribution in [2.24, 2.45) is 0 Å². The zero-order chi connectivity index (χ0) is 16.8. The lowest BCUT2D eigenvalue weighted by Crippen LogP contribution is -2.34. The number of amides is 2. The molecule has 1 aromatic rings.